The summed E-state index contributed by atoms with van der Waals surface area (Å²) in [7, 11) is -10.8. The fraction of sp³-hybridized carbons (Fsp3) is 0.500. The van der Waals surface area contributed by atoms with Gasteiger partial charge in [-0.15, -0.1) is 0 Å². The van der Waals surface area contributed by atoms with Gasteiger partial charge in [0.05, 0.1) is 6.61 Å². The molecule has 0 aromatic carbocycles. The van der Waals surface area contributed by atoms with Crippen LogP contribution >= 0.6 is 15.2 Å². The molecule has 0 bridgehead atoms. The van der Waals surface area contributed by atoms with E-state index >= 15 is 0 Å². The fourth-order valence-electron chi connectivity index (χ4n) is 2.65. The largest absolute Gasteiger partial charge is 0.392 e. The maximum absolute atomic E-state index is 11.0. The van der Waals surface area contributed by atoms with Gasteiger partial charge in [-0.2, -0.15) is 0 Å². The third-order valence-corrected chi connectivity index (χ3v) is 8.41. The van der Waals surface area contributed by atoms with Crippen molar-refractivity contribution in [2.45, 2.75) is 64.9 Å². The predicted molar refractivity (Wildman–Crippen MR) is 129 cm³/mol. The topological polar surface area (TPSA) is 168 Å². The van der Waals surface area contributed by atoms with Crippen LogP contribution in [-0.4, -0.2) is 46.5 Å². The quantitative estimate of drug-likeness (QED) is 0.192. The molecule has 1 aromatic heterocycles. The van der Waals surface area contributed by atoms with Gasteiger partial charge in [0.2, 0.25) is 0 Å². The van der Waals surface area contributed by atoms with Gasteiger partial charge in [-0.1, -0.05) is 41.0 Å². The van der Waals surface area contributed by atoms with Gasteiger partial charge < -0.3 is 29.8 Å². The van der Waals surface area contributed by atoms with Crippen molar-refractivity contribution >= 4 is 15.2 Å². The summed E-state index contributed by atoms with van der Waals surface area (Å²) in [6, 6.07) is 2.75. The first kappa shape index (κ1) is 31.6. The number of hydrogen-bond acceptors (Lipinski definition) is 5. The second-order valence-corrected chi connectivity index (χ2v) is 12.1. The highest BCUT2D eigenvalue weighted by Gasteiger charge is 2.59. The van der Waals surface area contributed by atoms with Crippen LogP contribution < -0.4 is 0 Å². The van der Waals surface area contributed by atoms with Crippen molar-refractivity contribution in [3.05, 3.63) is 65.0 Å². The number of nitrogens with zero attached hydrogens (tertiary/aromatic N) is 1. The number of hydrogen-bond donors (Lipinski definition) is 6. The zero-order valence-electron chi connectivity index (χ0n) is 19.6. The first-order valence-electron chi connectivity index (χ1n) is 10.4. The van der Waals surface area contributed by atoms with Crippen LogP contribution in [0.25, 0.3) is 0 Å². The molecule has 0 aliphatic rings. The highest BCUT2D eigenvalue weighted by Crippen LogP contribution is 2.68. The highest BCUT2D eigenvalue weighted by molar-refractivity contribution is 7.72. The van der Waals surface area contributed by atoms with Crippen molar-refractivity contribution in [3.63, 3.8) is 0 Å². The average molecular weight is 505 g/mol. The maximum atomic E-state index is 11.0. The van der Waals surface area contributed by atoms with Gasteiger partial charge in [0, 0.05) is 18.8 Å². The molecule has 0 saturated carbocycles. The number of rotatable bonds is 11. The molecule has 188 valence electrons. The Morgan fingerprint density at radius 2 is 1.45 bits per heavy atom. The fourth-order valence-corrected chi connectivity index (χ4v) is 4.78. The SMILES string of the molecule is CC(C)=CCC/C(C)=C/CC/C(C)=C/CO.O=P(O)(O)C(O)(Cc1cccnc1)P(=O)(O)O. The van der Waals surface area contributed by atoms with E-state index in [4.69, 9.17) is 24.7 Å². The van der Waals surface area contributed by atoms with Crippen LogP contribution in [0.1, 0.15) is 58.9 Å². The number of aliphatic hydroxyl groups excluding tert-OH is 1. The Bertz CT molecular complexity index is 874. The van der Waals surface area contributed by atoms with Crippen molar-refractivity contribution in [3.8, 4) is 0 Å². The summed E-state index contributed by atoms with van der Waals surface area (Å²) in [5.41, 5.74) is 4.24. The molecule has 9 nitrogen and oxygen atoms in total. The zero-order chi connectivity index (χ0) is 25.7. The number of pyridine rings is 1. The summed E-state index contributed by atoms with van der Waals surface area (Å²) in [6.07, 6.45) is 12.6. The minimum atomic E-state index is -5.41. The van der Waals surface area contributed by atoms with Crippen LogP contribution in [-0.2, 0) is 15.6 Å². The summed E-state index contributed by atoms with van der Waals surface area (Å²) in [4.78, 5) is 39.1. The average Bonchev–Trinajstić information content (AvgIpc) is 2.67. The Morgan fingerprint density at radius 3 is 1.88 bits per heavy atom. The van der Waals surface area contributed by atoms with E-state index < -0.39 is 26.7 Å². The van der Waals surface area contributed by atoms with Crippen molar-refractivity contribution < 1.29 is 38.9 Å². The first-order chi connectivity index (χ1) is 15.1. The Hall–Kier alpha value is -1.41. The van der Waals surface area contributed by atoms with Crippen molar-refractivity contribution in [2.75, 3.05) is 6.61 Å². The van der Waals surface area contributed by atoms with E-state index in [0.717, 1.165) is 31.9 Å². The normalized spacial score (nSPS) is 13.3. The van der Waals surface area contributed by atoms with E-state index in [1.54, 1.807) is 0 Å². The minimum absolute atomic E-state index is 0.0988. The molecule has 1 heterocycles. The van der Waals surface area contributed by atoms with E-state index in [9.17, 15) is 14.2 Å². The number of aliphatic hydroxyl groups is 2. The third-order valence-electron chi connectivity index (χ3n) is 4.66. The van der Waals surface area contributed by atoms with Crippen LogP contribution in [0.4, 0.5) is 0 Å². The zero-order valence-corrected chi connectivity index (χ0v) is 21.4. The van der Waals surface area contributed by atoms with E-state index in [0.29, 0.717) is 0 Å². The Morgan fingerprint density at radius 1 is 0.939 bits per heavy atom. The van der Waals surface area contributed by atoms with Crippen LogP contribution in [0.2, 0.25) is 0 Å². The lowest BCUT2D eigenvalue weighted by atomic mass is 10.1. The van der Waals surface area contributed by atoms with Crippen LogP contribution in [0, 0.1) is 0 Å². The molecule has 11 heteroatoms. The van der Waals surface area contributed by atoms with Crippen LogP contribution in [0.3, 0.4) is 0 Å². The van der Waals surface area contributed by atoms with Gasteiger partial charge in [0.1, 0.15) is 0 Å². The van der Waals surface area contributed by atoms with Gasteiger partial charge in [-0.3, -0.25) is 14.1 Å². The molecule has 0 radical (unpaired) electrons. The molecule has 0 aliphatic carbocycles. The first-order valence-corrected chi connectivity index (χ1v) is 13.6. The third kappa shape index (κ3) is 12.6. The Labute approximate surface area is 195 Å². The molecule has 1 rings (SSSR count). The Balaban J connectivity index is 0.000000622. The number of allylic oxidation sites excluding steroid dienone is 5. The predicted octanol–water partition coefficient (Wildman–Crippen LogP) is 4.02. The monoisotopic (exact) mass is 505 g/mol. The lowest BCUT2D eigenvalue weighted by Crippen LogP contribution is -2.31. The summed E-state index contributed by atoms with van der Waals surface area (Å²) in [6.45, 7) is 8.71. The standard InChI is InChI=1S/C15H26O.C7H11NO7P2/c1-13(2)7-5-8-14(3)9-6-10-15(4)11-12-16;9-7(16(10,11)12,17(13,14)15)4-6-2-1-3-8-5-6/h7,9,11,16H,5-6,8,10,12H2,1-4H3;1-3,5,9H,4H2,(H2,10,11,12)(H2,13,14,15)/b14-9+,15-11+;. The van der Waals surface area contributed by atoms with Crippen LogP contribution in [0.15, 0.2) is 59.5 Å². The van der Waals surface area contributed by atoms with Crippen molar-refractivity contribution in [2.24, 2.45) is 0 Å². The molecular formula is C22H37NO8P2. The molecule has 33 heavy (non-hydrogen) atoms. The minimum Gasteiger partial charge on any atom is -0.392 e. The van der Waals surface area contributed by atoms with Gasteiger partial charge in [-0.25, -0.2) is 0 Å². The molecule has 0 saturated heterocycles. The van der Waals surface area contributed by atoms with E-state index in [1.807, 2.05) is 6.08 Å². The van der Waals surface area contributed by atoms with E-state index in [2.05, 4.69) is 44.8 Å². The maximum Gasteiger partial charge on any atom is 0.369 e. The summed E-state index contributed by atoms with van der Waals surface area (Å²) >= 11 is 0. The summed E-state index contributed by atoms with van der Waals surface area (Å²) in [5, 5.41) is 14.9. The van der Waals surface area contributed by atoms with Crippen molar-refractivity contribution in [1.82, 2.24) is 4.98 Å². The lowest BCUT2D eigenvalue weighted by Gasteiger charge is -2.29. The molecule has 0 atom stereocenters. The molecule has 0 unspecified atom stereocenters. The smallest absolute Gasteiger partial charge is 0.369 e. The van der Waals surface area contributed by atoms with Gasteiger partial charge >= 0.3 is 15.2 Å². The van der Waals surface area contributed by atoms with Gasteiger partial charge in [-0.05, 0) is 65.0 Å². The number of aromatic nitrogens is 1. The second kappa shape index (κ2) is 14.8. The van der Waals surface area contributed by atoms with Gasteiger partial charge in [0.25, 0.3) is 5.08 Å². The van der Waals surface area contributed by atoms with E-state index in [1.165, 1.54) is 35.0 Å². The second-order valence-electron chi connectivity index (χ2n) is 8.04. The molecule has 0 amide bonds. The molecule has 0 aliphatic heterocycles. The summed E-state index contributed by atoms with van der Waals surface area (Å²) < 4.78 is 22.1. The van der Waals surface area contributed by atoms with Crippen molar-refractivity contribution in [1.29, 1.82) is 0 Å². The summed E-state index contributed by atoms with van der Waals surface area (Å²) in [5.74, 6) is 0. The molecule has 1 aromatic rings. The highest BCUT2D eigenvalue weighted by atomic mass is 31.2. The molecule has 0 spiro atoms. The molecular weight excluding hydrogens is 468 g/mol. The molecule has 6 N–H and O–H groups in total. The molecule has 0 fully saturated rings. The van der Waals surface area contributed by atoms with Gasteiger partial charge in [0.15, 0.2) is 0 Å². The Kier molecular flexibility index (Phi) is 14.1. The lowest BCUT2D eigenvalue weighted by molar-refractivity contribution is 0.131. The van der Waals surface area contributed by atoms with Crippen LogP contribution in [0.5, 0.6) is 0 Å². The van der Waals surface area contributed by atoms with E-state index in [-0.39, 0.29) is 12.2 Å².